The summed E-state index contributed by atoms with van der Waals surface area (Å²) in [6, 6.07) is 14.7. The number of amides is 2. The molecule has 3 N–H and O–H groups in total. The summed E-state index contributed by atoms with van der Waals surface area (Å²) in [4.78, 5) is 11.9. The standard InChI is InChI=1S/C17H20N2O3/c1-13-5-4-7-15(11-13)19-17(21)18-12-14-6-2-3-8-16(14)22-10-9-20/h2-8,11,20H,9-10,12H2,1H3,(H2,18,19,21). The summed E-state index contributed by atoms with van der Waals surface area (Å²) in [5.41, 5.74) is 2.69. The van der Waals surface area contributed by atoms with Crippen molar-refractivity contribution in [1.82, 2.24) is 5.32 Å². The van der Waals surface area contributed by atoms with E-state index < -0.39 is 0 Å². The van der Waals surface area contributed by atoms with E-state index in [2.05, 4.69) is 10.6 Å². The first kappa shape index (κ1) is 15.9. The maximum Gasteiger partial charge on any atom is 0.319 e. The van der Waals surface area contributed by atoms with E-state index in [1.807, 2.05) is 55.5 Å². The Morgan fingerprint density at radius 1 is 1.18 bits per heavy atom. The van der Waals surface area contributed by atoms with Crippen LogP contribution in [-0.4, -0.2) is 24.4 Å². The highest BCUT2D eigenvalue weighted by atomic mass is 16.5. The van der Waals surface area contributed by atoms with Crippen LogP contribution in [0.3, 0.4) is 0 Å². The molecule has 0 aliphatic heterocycles. The molecule has 22 heavy (non-hydrogen) atoms. The number of hydrogen-bond acceptors (Lipinski definition) is 3. The van der Waals surface area contributed by atoms with Gasteiger partial charge in [-0.25, -0.2) is 4.79 Å². The highest BCUT2D eigenvalue weighted by Gasteiger charge is 2.06. The third-order valence-corrected chi connectivity index (χ3v) is 3.04. The van der Waals surface area contributed by atoms with Crippen molar-refractivity contribution in [2.24, 2.45) is 0 Å². The molecule has 116 valence electrons. The predicted molar refractivity (Wildman–Crippen MR) is 86.1 cm³/mol. The van der Waals surface area contributed by atoms with Gasteiger partial charge in [-0.3, -0.25) is 0 Å². The molecule has 0 saturated heterocycles. The number of aliphatic hydroxyl groups excluding tert-OH is 1. The number of hydrogen-bond donors (Lipinski definition) is 3. The minimum atomic E-state index is -0.275. The van der Waals surface area contributed by atoms with E-state index in [0.717, 1.165) is 16.8 Å². The number of benzene rings is 2. The van der Waals surface area contributed by atoms with Gasteiger partial charge in [0.25, 0.3) is 0 Å². The Morgan fingerprint density at radius 3 is 2.77 bits per heavy atom. The molecule has 0 atom stereocenters. The Hall–Kier alpha value is -2.53. The molecule has 0 unspecified atom stereocenters. The molecule has 2 rings (SSSR count). The third kappa shape index (κ3) is 4.79. The zero-order valence-electron chi connectivity index (χ0n) is 12.5. The maximum atomic E-state index is 11.9. The number of carbonyl (C=O) groups is 1. The van der Waals surface area contributed by atoms with Crippen molar-refractivity contribution < 1.29 is 14.6 Å². The summed E-state index contributed by atoms with van der Waals surface area (Å²) < 4.78 is 5.43. The Kier molecular flexibility index (Phi) is 5.80. The monoisotopic (exact) mass is 300 g/mol. The second kappa shape index (κ2) is 8.05. The summed E-state index contributed by atoms with van der Waals surface area (Å²) >= 11 is 0. The van der Waals surface area contributed by atoms with Crippen LogP contribution in [0.4, 0.5) is 10.5 Å². The summed E-state index contributed by atoms with van der Waals surface area (Å²) in [5, 5.41) is 14.4. The molecule has 2 amide bonds. The quantitative estimate of drug-likeness (QED) is 0.768. The van der Waals surface area contributed by atoms with Crippen molar-refractivity contribution in [3.05, 3.63) is 59.7 Å². The lowest BCUT2D eigenvalue weighted by atomic mass is 10.2. The topological polar surface area (TPSA) is 70.6 Å². The first-order chi connectivity index (χ1) is 10.7. The van der Waals surface area contributed by atoms with E-state index in [1.54, 1.807) is 0 Å². The van der Waals surface area contributed by atoms with E-state index in [0.29, 0.717) is 12.3 Å². The SMILES string of the molecule is Cc1cccc(NC(=O)NCc2ccccc2OCCO)c1. The average molecular weight is 300 g/mol. The number of anilines is 1. The van der Waals surface area contributed by atoms with Crippen LogP contribution >= 0.6 is 0 Å². The number of carbonyl (C=O) groups excluding carboxylic acids is 1. The number of para-hydroxylation sites is 1. The van der Waals surface area contributed by atoms with Crippen molar-refractivity contribution in [2.75, 3.05) is 18.5 Å². The van der Waals surface area contributed by atoms with Crippen LogP contribution in [0.25, 0.3) is 0 Å². The fraction of sp³-hybridized carbons (Fsp3) is 0.235. The van der Waals surface area contributed by atoms with Crippen molar-refractivity contribution in [2.45, 2.75) is 13.5 Å². The maximum absolute atomic E-state index is 11.9. The Labute approximate surface area is 129 Å². The van der Waals surface area contributed by atoms with E-state index in [9.17, 15) is 4.79 Å². The minimum Gasteiger partial charge on any atom is -0.491 e. The lowest BCUT2D eigenvalue weighted by molar-refractivity contribution is 0.200. The van der Waals surface area contributed by atoms with Crippen molar-refractivity contribution in [3.63, 3.8) is 0 Å². The summed E-state index contributed by atoms with van der Waals surface area (Å²) in [6.45, 7) is 2.50. The molecule has 0 aliphatic rings. The molecular weight excluding hydrogens is 280 g/mol. The van der Waals surface area contributed by atoms with E-state index in [-0.39, 0.29) is 19.2 Å². The molecule has 0 bridgehead atoms. The molecule has 0 fully saturated rings. The summed E-state index contributed by atoms with van der Waals surface area (Å²) in [7, 11) is 0. The van der Waals surface area contributed by atoms with Gasteiger partial charge in [-0.2, -0.15) is 0 Å². The number of aliphatic hydroxyl groups is 1. The van der Waals surface area contributed by atoms with Gasteiger partial charge in [-0.1, -0.05) is 30.3 Å². The minimum absolute atomic E-state index is 0.0460. The van der Waals surface area contributed by atoms with Crippen LogP contribution in [0.2, 0.25) is 0 Å². The normalized spacial score (nSPS) is 10.1. The van der Waals surface area contributed by atoms with Crippen LogP contribution in [0.5, 0.6) is 5.75 Å². The van der Waals surface area contributed by atoms with Gasteiger partial charge in [0.15, 0.2) is 0 Å². The number of urea groups is 1. The van der Waals surface area contributed by atoms with Gasteiger partial charge in [0.1, 0.15) is 12.4 Å². The lowest BCUT2D eigenvalue weighted by Gasteiger charge is -2.12. The number of aryl methyl sites for hydroxylation is 1. The van der Waals surface area contributed by atoms with Crippen LogP contribution < -0.4 is 15.4 Å². The summed E-state index contributed by atoms with van der Waals surface area (Å²) in [5.74, 6) is 0.660. The predicted octanol–water partition coefficient (Wildman–Crippen LogP) is 2.69. The van der Waals surface area contributed by atoms with Crippen LogP contribution in [0.1, 0.15) is 11.1 Å². The molecule has 0 heterocycles. The number of nitrogens with one attached hydrogen (secondary N) is 2. The first-order valence-electron chi connectivity index (χ1n) is 7.12. The van der Waals surface area contributed by atoms with Crippen molar-refractivity contribution >= 4 is 11.7 Å². The zero-order chi connectivity index (χ0) is 15.8. The van der Waals surface area contributed by atoms with Gasteiger partial charge < -0.3 is 20.5 Å². The lowest BCUT2D eigenvalue weighted by Crippen LogP contribution is -2.28. The van der Waals surface area contributed by atoms with Crippen LogP contribution in [0, 0.1) is 6.92 Å². The van der Waals surface area contributed by atoms with Gasteiger partial charge in [0.05, 0.1) is 6.61 Å². The highest BCUT2D eigenvalue weighted by molar-refractivity contribution is 5.89. The van der Waals surface area contributed by atoms with Gasteiger partial charge in [0, 0.05) is 17.8 Å². The van der Waals surface area contributed by atoms with E-state index in [1.165, 1.54) is 0 Å². The highest BCUT2D eigenvalue weighted by Crippen LogP contribution is 2.17. The van der Waals surface area contributed by atoms with Gasteiger partial charge >= 0.3 is 6.03 Å². The van der Waals surface area contributed by atoms with Crippen molar-refractivity contribution in [1.29, 1.82) is 0 Å². The van der Waals surface area contributed by atoms with E-state index >= 15 is 0 Å². The first-order valence-corrected chi connectivity index (χ1v) is 7.12. The molecule has 5 nitrogen and oxygen atoms in total. The number of ether oxygens (including phenoxy) is 1. The molecule has 0 spiro atoms. The second-order valence-electron chi connectivity index (χ2n) is 4.86. The molecule has 5 heteroatoms. The van der Waals surface area contributed by atoms with Gasteiger partial charge in [-0.05, 0) is 30.7 Å². The Balaban J connectivity index is 1.91. The smallest absolute Gasteiger partial charge is 0.319 e. The molecule has 0 radical (unpaired) electrons. The van der Waals surface area contributed by atoms with Crippen molar-refractivity contribution in [3.8, 4) is 5.75 Å². The van der Waals surface area contributed by atoms with Crippen LogP contribution in [0.15, 0.2) is 48.5 Å². The molecule has 0 aromatic heterocycles. The van der Waals surface area contributed by atoms with Gasteiger partial charge in [0.2, 0.25) is 0 Å². The molecule has 2 aromatic carbocycles. The summed E-state index contributed by atoms with van der Waals surface area (Å²) in [6.07, 6.45) is 0. The molecule has 2 aromatic rings. The largest absolute Gasteiger partial charge is 0.491 e. The zero-order valence-corrected chi connectivity index (χ0v) is 12.5. The third-order valence-electron chi connectivity index (χ3n) is 3.04. The van der Waals surface area contributed by atoms with E-state index in [4.69, 9.17) is 9.84 Å². The Bertz CT molecular complexity index is 629. The second-order valence-corrected chi connectivity index (χ2v) is 4.86. The van der Waals surface area contributed by atoms with Crippen LogP contribution in [-0.2, 0) is 6.54 Å². The number of rotatable bonds is 6. The molecule has 0 saturated carbocycles. The molecule has 0 aliphatic carbocycles. The fourth-order valence-corrected chi connectivity index (χ4v) is 2.02. The average Bonchev–Trinajstić information content (AvgIpc) is 2.51. The van der Waals surface area contributed by atoms with Gasteiger partial charge in [-0.15, -0.1) is 0 Å². The Morgan fingerprint density at radius 2 is 2.00 bits per heavy atom. The fourth-order valence-electron chi connectivity index (χ4n) is 2.02. The molecular formula is C17H20N2O3.